The van der Waals surface area contributed by atoms with E-state index in [1.54, 1.807) is 7.11 Å². The van der Waals surface area contributed by atoms with E-state index in [-0.39, 0.29) is 0 Å². The van der Waals surface area contributed by atoms with Crippen molar-refractivity contribution < 1.29 is 4.74 Å². The second-order valence-electron chi connectivity index (χ2n) is 4.95. The fourth-order valence-electron chi connectivity index (χ4n) is 2.89. The Hall–Kier alpha value is -1.22. The van der Waals surface area contributed by atoms with E-state index >= 15 is 0 Å². The van der Waals surface area contributed by atoms with Crippen LogP contribution in [0, 0.1) is 5.41 Å². The molecule has 0 atom stereocenters. The van der Waals surface area contributed by atoms with Gasteiger partial charge in [-0.05, 0) is 25.1 Å². The summed E-state index contributed by atoms with van der Waals surface area (Å²) in [5.74, 6) is 0.989. The summed E-state index contributed by atoms with van der Waals surface area (Å²) < 4.78 is 5.40. The molecule has 86 valence electrons. The Bertz CT molecular complexity index is 377. The molecule has 3 heteroatoms. The molecule has 1 aromatic rings. The van der Waals surface area contributed by atoms with Gasteiger partial charge in [0.25, 0.3) is 0 Å². The molecule has 2 fully saturated rings. The fourth-order valence-corrected chi connectivity index (χ4v) is 2.89. The molecule has 0 amide bonds. The molecule has 2 aliphatic heterocycles. The molecule has 1 N–H and O–H groups in total. The van der Waals surface area contributed by atoms with Crippen LogP contribution < -0.4 is 15.0 Å². The summed E-state index contributed by atoms with van der Waals surface area (Å²) in [7, 11) is 1.74. The molecule has 0 bridgehead atoms. The van der Waals surface area contributed by atoms with Crippen LogP contribution in [0.25, 0.3) is 0 Å². The predicted octanol–water partition coefficient (Wildman–Crippen LogP) is 1.49. The third kappa shape index (κ3) is 1.47. The first-order chi connectivity index (χ1) is 7.83. The number of ether oxygens (including phenoxy) is 1. The highest BCUT2D eigenvalue weighted by atomic mass is 16.5. The van der Waals surface area contributed by atoms with Gasteiger partial charge in [0, 0.05) is 25.0 Å². The largest absolute Gasteiger partial charge is 0.495 e. The van der Waals surface area contributed by atoms with Gasteiger partial charge in [-0.25, -0.2) is 0 Å². The van der Waals surface area contributed by atoms with Crippen LogP contribution in [-0.2, 0) is 0 Å². The van der Waals surface area contributed by atoms with Crippen molar-refractivity contribution in [2.75, 3.05) is 38.2 Å². The van der Waals surface area contributed by atoms with Crippen LogP contribution in [0.1, 0.15) is 6.42 Å². The molecule has 0 aliphatic carbocycles. The zero-order valence-corrected chi connectivity index (χ0v) is 9.70. The molecule has 1 spiro atoms. The van der Waals surface area contributed by atoms with Gasteiger partial charge < -0.3 is 15.0 Å². The van der Waals surface area contributed by atoms with Crippen molar-refractivity contribution in [3.8, 4) is 5.75 Å². The molecule has 0 radical (unpaired) electrons. The van der Waals surface area contributed by atoms with Gasteiger partial charge >= 0.3 is 0 Å². The summed E-state index contributed by atoms with van der Waals surface area (Å²) >= 11 is 0. The van der Waals surface area contributed by atoms with Gasteiger partial charge in [-0.1, -0.05) is 12.1 Å². The number of para-hydroxylation sites is 2. The summed E-state index contributed by atoms with van der Waals surface area (Å²) in [6.07, 6.45) is 1.32. The minimum Gasteiger partial charge on any atom is -0.495 e. The predicted molar refractivity (Wildman–Crippen MR) is 65.1 cm³/mol. The van der Waals surface area contributed by atoms with Crippen LogP contribution in [0.5, 0.6) is 5.75 Å². The molecule has 0 unspecified atom stereocenters. The molecule has 0 aromatic heterocycles. The van der Waals surface area contributed by atoms with Crippen LogP contribution in [0.15, 0.2) is 24.3 Å². The highest BCUT2D eigenvalue weighted by Crippen LogP contribution is 2.41. The zero-order chi connectivity index (χ0) is 11.0. The first-order valence-electron chi connectivity index (χ1n) is 5.92. The Kier molecular flexibility index (Phi) is 2.28. The van der Waals surface area contributed by atoms with E-state index in [2.05, 4.69) is 22.3 Å². The molecule has 3 rings (SSSR count). The van der Waals surface area contributed by atoms with Crippen LogP contribution in [0.4, 0.5) is 5.69 Å². The number of nitrogens with zero attached hydrogens (tertiary/aromatic N) is 1. The molecule has 3 nitrogen and oxygen atoms in total. The average Bonchev–Trinajstić information content (AvgIpc) is 2.76. The van der Waals surface area contributed by atoms with Crippen molar-refractivity contribution in [1.29, 1.82) is 0 Å². The monoisotopic (exact) mass is 218 g/mol. The van der Waals surface area contributed by atoms with Crippen LogP contribution >= 0.6 is 0 Å². The second-order valence-corrected chi connectivity index (χ2v) is 4.95. The number of nitrogens with one attached hydrogen (secondary N) is 1. The number of benzene rings is 1. The summed E-state index contributed by atoms with van der Waals surface area (Å²) in [5, 5.41) is 3.46. The fraction of sp³-hybridized carbons (Fsp3) is 0.538. The molecule has 1 aromatic carbocycles. The summed E-state index contributed by atoms with van der Waals surface area (Å²) in [4.78, 5) is 2.42. The van der Waals surface area contributed by atoms with Crippen LogP contribution in [-0.4, -0.2) is 33.3 Å². The average molecular weight is 218 g/mol. The molecule has 2 saturated heterocycles. The van der Waals surface area contributed by atoms with E-state index in [0.29, 0.717) is 5.41 Å². The number of anilines is 1. The molecular formula is C13H18N2O. The van der Waals surface area contributed by atoms with Crippen LogP contribution in [0.2, 0.25) is 0 Å². The van der Waals surface area contributed by atoms with Crippen LogP contribution in [0.3, 0.4) is 0 Å². The number of hydrogen-bond acceptors (Lipinski definition) is 3. The Morgan fingerprint density at radius 1 is 1.31 bits per heavy atom. The lowest BCUT2D eigenvalue weighted by Crippen LogP contribution is -2.57. The minimum absolute atomic E-state index is 0.543. The third-order valence-corrected chi connectivity index (χ3v) is 3.81. The lowest BCUT2D eigenvalue weighted by molar-refractivity contribution is 0.241. The zero-order valence-electron chi connectivity index (χ0n) is 9.70. The number of rotatable bonds is 2. The maximum absolute atomic E-state index is 5.40. The standard InChI is InChI=1S/C13H18N2O/c1-16-12-5-3-2-4-11(12)15-9-13(10-15)6-7-14-8-13/h2-5,14H,6-10H2,1H3. The Morgan fingerprint density at radius 3 is 2.81 bits per heavy atom. The second kappa shape index (κ2) is 3.67. The van der Waals surface area contributed by atoms with Crippen molar-refractivity contribution in [3.05, 3.63) is 24.3 Å². The van der Waals surface area contributed by atoms with Crippen molar-refractivity contribution in [2.45, 2.75) is 6.42 Å². The van der Waals surface area contributed by atoms with Crippen molar-refractivity contribution in [2.24, 2.45) is 5.41 Å². The Balaban J connectivity index is 1.75. The minimum atomic E-state index is 0.543. The highest BCUT2D eigenvalue weighted by molar-refractivity contribution is 5.60. The number of hydrogen-bond donors (Lipinski definition) is 1. The molecule has 16 heavy (non-hydrogen) atoms. The SMILES string of the molecule is COc1ccccc1N1CC2(CCNC2)C1. The van der Waals surface area contributed by atoms with Gasteiger partial charge in [0.1, 0.15) is 5.75 Å². The summed E-state index contributed by atoms with van der Waals surface area (Å²) in [6.45, 7) is 4.69. The molecule has 2 heterocycles. The van der Waals surface area contributed by atoms with E-state index in [4.69, 9.17) is 4.74 Å². The van der Waals surface area contributed by atoms with Gasteiger partial charge in [0.15, 0.2) is 0 Å². The third-order valence-electron chi connectivity index (χ3n) is 3.81. The molecule has 2 aliphatic rings. The lowest BCUT2D eigenvalue weighted by atomic mass is 9.79. The van der Waals surface area contributed by atoms with E-state index in [1.165, 1.54) is 38.3 Å². The number of methoxy groups -OCH3 is 1. The molecular weight excluding hydrogens is 200 g/mol. The molecule has 0 saturated carbocycles. The quantitative estimate of drug-likeness (QED) is 0.814. The Labute approximate surface area is 96.4 Å². The topological polar surface area (TPSA) is 24.5 Å². The first kappa shape index (κ1) is 9.97. The first-order valence-corrected chi connectivity index (χ1v) is 5.92. The summed E-state index contributed by atoms with van der Waals surface area (Å²) in [6, 6.07) is 8.28. The summed E-state index contributed by atoms with van der Waals surface area (Å²) in [5.41, 5.74) is 1.78. The van der Waals surface area contributed by atoms with Gasteiger partial charge in [0.2, 0.25) is 0 Å². The highest BCUT2D eigenvalue weighted by Gasteiger charge is 2.45. The smallest absolute Gasteiger partial charge is 0.142 e. The Morgan fingerprint density at radius 2 is 2.12 bits per heavy atom. The lowest BCUT2D eigenvalue weighted by Gasteiger charge is -2.49. The van der Waals surface area contributed by atoms with Gasteiger partial charge in [-0.15, -0.1) is 0 Å². The van der Waals surface area contributed by atoms with Crippen molar-refractivity contribution >= 4 is 5.69 Å². The van der Waals surface area contributed by atoms with E-state index in [0.717, 1.165) is 5.75 Å². The van der Waals surface area contributed by atoms with Crippen molar-refractivity contribution in [1.82, 2.24) is 5.32 Å². The van der Waals surface area contributed by atoms with E-state index < -0.39 is 0 Å². The van der Waals surface area contributed by atoms with Gasteiger partial charge in [-0.3, -0.25) is 0 Å². The normalized spacial score (nSPS) is 22.2. The maximum Gasteiger partial charge on any atom is 0.142 e. The van der Waals surface area contributed by atoms with Gasteiger partial charge in [-0.2, -0.15) is 0 Å². The van der Waals surface area contributed by atoms with Gasteiger partial charge in [0.05, 0.1) is 12.8 Å². The van der Waals surface area contributed by atoms with Crippen molar-refractivity contribution in [3.63, 3.8) is 0 Å². The van der Waals surface area contributed by atoms with E-state index in [1.807, 2.05) is 12.1 Å². The van der Waals surface area contributed by atoms with E-state index in [9.17, 15) is 0 Å². The maximum atomic E-state index is 5.40.